The molecule has 0 aliphatic carbocycles. The summed E-state index contributed by atoms with van der Waals surface area (Å²) in [6.07, 6.45) is 0.914. The lowest BCUT2D eigenvalue weighted by Crippen LogP contribution is -2.13. The van der Waals surface area contributed by atoms with Gasteiger partial charge in [-0.3, -0.25) is 0 Å². The van der Waals surface area contributed by atoms with Gasteiger partial charge in [0.15, 0.2) is 0 Å². The van der Waals surface area contributed by atoms with Crippen LogP contribution in [0, 0.1) is 6.92 Å². The van der Waals surface area contributed by atoms with Crippen LogP contribution >= 0.6 is 0 Å². The number of carbonyl (C=O) groups excluding carboxylic acids is 1. The van der Waals surface area contributed by atoms with Gasteiger partial charge < -0.3 is 10.1 Å². The summed E-state index contributed by atoms with van der Waals surface area (Å²) in [6, 6.07) is 16.1. The Morgan fingerprint density at radius 1 is 1.10 bits per heavy atom. The molecular weight excluding hydrogens is 262 g/mol. The molecule has 3 nitrogen and oxygen atoms in total. The highest BCUT2D eigenvalue weighted by Crippen LogP contribution is 2.20. The molecule has 0 bridgehead atoms. The smallest absolute Gasteiger partial charge is 0.340 e. The van der Waals surface area contributed by atoms with Crippen LogP contribution in [0.4, 0.5) is 5.69 Å². The normalized spacial score (nSPS) is 10.2. The van der Waals surface area contributed by atoms with E-state index >= 15 is 0 Å². The van der Waals surface area contributed by atoms with E-state index in [0.29, 0.717) is 12.2 Å². The number of aryl methyl sites for hydroxylation is 1. The quantitative estimate of drug-likeness (QED) is 0.819. The van der Waals surface area contributed by atoms with Crippen LogP contribution in [-0.4, -0.2) is 19.1 Å². The van der Waals surface area contributed by atoms with E-state index in [2.05, 4.69) is 17.4 Å². The number of hydrogen-bond acceptors (Lipinski definition) is 3. The minimum atomic E-state index is -0.266. The molecule has 110 valence electrons. The molecule has 0 saturated carbocycles. The van der Waals surface area contributed by atoms with Crippen LogP contribution in [0.25, 0.3) is 0 Å². The third kappa shape index (κ3) is 4.09. The highest BCUT2D eigenvalue weighted by Gasteiger charge is 2.14. The van der Waals surface area contributed by atoms with Crippen molar-refractivity contribution < 1.29 is 9.53 Å². The Labute approximate surface area is 126 Å². The van der Waals surface area contributed by atoms with E-state index < -0.39 is 0 Å². The minimum absolute atomic E-state index is 0.266. The summed E-state index contributed by atoms with van der Waals surface area (Å²) in [7, 11) is 0. The summed E-state index contributed by atoms with van der Waals surface area (Å²) < 4.78 is 5.14. The van der Waals surface area contributed by atoms with Crippen LogP contribution in [0.5, 0.6) is 0 Å². The molecule has 0 heterocycles. The molecule has 0 amide bonds. The Balaban J connectivity index is 2.06. The first kappa shape index (κ1) is 15.1. The van der Waals surface area contributed by atoms with Crippen molar-refractivity contribution in [1.29, 1.82) is 0 Å². The summed E-state index contributed by atoms with van der Waals surface area (Å²) in [6.45, 7) is 4.91. The van der Waals surface area contributed by atoms with Gasteiger partial charge in [-0.15, -0.1) is 0 Å². The molecule has 21 heavy (non-hydrogen) atoms. The van der Waals surface area contributed by atoms with Crippen molar-refractivity contribution in [2.24, 2.45) is 0 Å². The van der Waals surface area contributed by atoms with Crippen molar-refractivity contribution in [1.82, 2.24) is 0 Å². The average molecular weight is 283 g/mol. The zero-order valence-electron chi connectivity index (χ0n) is 12.6. The Hall–Kier alpha value is -2.29. The van der Waals surface area contributed by atoms with E-state index in [1.165, 1.54) is 5.56 Å². The van der Waals surface area contributed by atoms with Gasteiger partial charge in [0.05, 0.1) is 12.2 Å². The number of esters is 1. The van der Waals surface area contributed by atoms with Crippen LogP contribution < -0.4 is 5.32 Å². The van der Waals surface area contributed by atoms with Crippen molar-refractivity contribution in [2.45, 2.75) is 20.3 Å². The summed E-state index contributed by atoms with van der Waals surface area (Å²) in [5, 5.41) is 3.34. The summed E-state index contributed by atoms with van der Waals surface area (Å²) in [5.41, 5.74) is 3.67. The van der Waals surface area contributed by atoms with Gasteiger partial charge in [-0.25, -0.2) is 4.79 Å². The van der Waals surface area contributed by atoms with E-state index in [1.807, 2.05) is 50.2 Å². The molecule has 0 aliphatic rings. The topological polar surface area (TPSA) is 38.3 Å². The minimum Gasteiger partial charge on any atom is -0.462 e. The first-order valence-corrected chi connectivity index (χ1v) is 7.27. The number of nitrogens with one attached hydrogen (secondary N) is 1. The predicted octanol–water partition coefficient (Wildman–Crippen LogP) is 3.83. The largest absolute Gasteiger partial charge is 0.462 e. The van der Waals surface area contributed by atoms with Gasteiger partial charge in [0.25, 0.3) is 0 Å². The molecule has 3 heteroatoms. The predicted molar refractivity (Wildman–Crippen MR) is 85.8 cm³/mol. The number of rotatable bonds is 6. The Kier molecular flexibility index (Phi) is 5.38. The maximum atomic E-state index is 12.1. The maximum Gasteiger partial charge on any atom is 0.340 e. The SMILES string of the molecule is CCOC(=O)c1c(C)cccc1NCCc1ccccc1. The Morgan fingerprint density at radius 3 is 2.57 bits per heavy atom. The van der Waals surface area contributed by atoms with E-state index in [-0.39, 0.29) is 5.97 Å². The molecule has 2 aromatic carbocycles. The number of anilines is 1. The Morgan fingerprint density at radius 2 is 1.86 bits per heavy atom. The standard InChI is InChI=1S/C18H21NO2/c1-3-21-18(20)17-14(2)8-7-11-16(17)19-13-12-15-9-5-4-6-10-15/h4-11,19H,3,12-13H2,1-2H3. The maximum absolute atomic E-state index is 12.1. The van der Waals surface area contributed by atoms with Crippen molar-refractivity contribution in [2.75, 3.05) is 18.5 Å². The van der Waals surface area contributed by atoms with E-state index in [4.69, 9.17) is 4.74 Å². The molecule has 0 aliphatic heterocycles. The fourth-order valence-corrected chi connectivity index (χ4v) is 2.28. The lowest BCUT2D eigenvalue weighted by Gasteiger charge is -2.13. The molecule has 0 fully saturated rings. The third-order valence-electron chi connectivity index (χ3n) is 3.32. The summed E-state index contributed by atoms with van der Waals surface area (Å²) in [5.74, 6) is -0.266. The van der Waals surface area contributed by atoms with Crippen molar-refractivity contribution in [3.63, 3.8) is 0 Å². The first-order valence-electron chi connectivity index (χ1n) is 7.27. The third-order valence-corrected chi connectivity index (χ3v) is 3.32. The summed E-state index contributed by atoms with van der Waals surface area (Å²) >= 11 is 0. The molecule has 2 rings (SSSR count). The van der Waals surface area contributed by atoms with Gasteiger partial charge in [0.1, 0.15) is 0 Å². The van der Waals surface area contributed by atoms with Crippen molar-refractivity contribution >= 4 is 11.7 Å². The van der Waals surface area contributed by atoms with Crippen LogP contribution in [0.3, 0.4) is 0 Å². The second-order valence-electron chi connectivity index (χ2n) is 4.88. The fraction of sp³-hybridized carbons (Fsp3) is 0.278. The Bertz CT molecular complexity index is 593. The number of hydrogen-bond donors (Lipinski definition) is 1. The zero-order chi connectivity index (χ0) is 15.1. The van der Waals surface area contributed by atoms with Gasteiger partial charge in [0.2, 0.25) is 0 Å². The number of carbonyl (C=O) groups is 1. The van der Waals surface area contributed by atoms with Gasteiger partial charge in [-0.05, 0) is 37.5 Å². The fourth-order valence-electron chi connectivity index (χ4n) is 2.28. The van der Waals surface area contributed by atoms with Crippen LogP contribution in [-0.2, 0) is 11.2 Å². The molecule has 1 N–H and O–H groups in total. The molecule has 0 atom stereocenters. The lowest BCUT2D eigenvalue weighted by molar-refractivity contribution is 0.0526. The second kappa shape index (κ2) is 7.48. The van der Waals surface area contributed by atoms with Crippen molar-refractivity contribution in [3.05, 3.63) is 65.2 Å². The molecular formula is C18H21NO2. The highest BCUT2D eigenvalue weighted by molar-refractivity contribution is 5.97. The first-order chi connectivity index (χ1) is 10.2. The van der Waals surface area contributed by atoms with Crippen LogP contribution in [0.1, 0.15) is 28.4 Å². The number of ether oxygens (including phenoxy) is 1. The number of benzene rings is 2. The monoisotopic (exact) mass is 283 g/mol. The van der Waals surface area contributed by atoms with Crippen LogP contribution in [0.2, 0.25) is 0 Å². The van der Waals surface area contributed by atoms with Gasteiger partial charge >= 0.3 is 5.97 Å². The van der Waals surface area contributed by atoms with E-state index in [0.717, 1.165) is 24.2 Å². The zero-order valence-corrected chi connectivity index (χ0v) is 12.6. The van der Waals surface area contributed by atoms with Gasteiger partial charge in [0, 0.05) is 12.2 Å². The highest BCUT2D eigenvalue weighted by atomic mass is 16.5. The van der Waals surface area contributed by atoms with Crippen molar-refractivity contribution in [3.8, 4) is 0 Å². The molecule has 0 aromatic heterocycles. The average Bonchev–Trinajstić information content (AvgIpc) is 2.48. The van der Waals surface area contributed by atoms with E-state index in [1.54, 1.807) is 0 Å². The molecule has 0 radical (unpaired) electrons. The van der Waals surface area contributed by atoms with Gasteiger partial charge in [-0.1, -0.05) is 42.5 Å². The van der Waals surface area contributed by atoms with Gasteiger partial charge in [-0.2, -0.15) is 0 Å². The van der Waals surface area contributed by atoms with E-state index in [9.17, 15) is 4.79 Å². The second-order valence-corrected chi connectivity index (χ2v) is 4.88. The molecule has 0 unspecified atom stereocenters. The lowest BCUT2D eigenvalue weighted by atomic mass is 10.1. The summed E-state index contributed by atoms with van der Waals surface area (Å²) in [4.78, 5) is 12.1. The molecule has 2 aromatic rings. The molecule has 0 spiro atoms. The van der Waals surface area contributed by atoms with Crippen LogP contribution in [0.15, 0.2) is 48.5 Å². The molecule has 0 saturated heterocycles.